The first-order valence-electron chi connectivity index (χ1n) is 2.23. The van der Waals surface area contributed by atoms with Crippen molar-refractivity contribution in [3.05, 3.63) is 0 Å². The Morgan fingerprint density at radius 3 is 0.800 bits per heavy atom. The van der Waals surface area contributed by atoms with Crippen molar-refractivity contribution in [2.45, 2.75) is 0 Å². The van der Waals surface area contributed by atoms with Crippen molar-refractivity contribution in [1.82, 2.24) is 0 Å². The topological polar surface area (TPSA) is 218 Å². The maximum Gasteiger partial charge on any atom is 1.00 e. The number of hydrogen-bond donors (Lipinski definition) is 4. The molecule has 0 heterocycles. The fourth-order valence-electron chi connectivity index (χ4n) is 0. The van der Waals surface area contributed by atoms with Gasteiger partial charge in [-0.25, -0.2) is 9.59 Å². The Bertz CT molecular complexity index is 226. The SMILES string of the molecule is NC(N)=O.NC(N)=O.O=S(=O)([O-])[O-].[Na+].[Na+]. The average Bonchev–Trinajstić information content (AvgIpc) is 1.50. The molecule has 4 amide bonds. The van der Waals surface area contributed by atoms with Gasteiger partial charge in [0.2, 0.25) is 0 Å². The minimum absolute atomic E-state index is 0. The molecule has 0 saturated heterocycles. The Hall–Kier alpha value is 0.410. The molecule has 10 nitrogen and oxygen atoms in total. The van der Waals surface area contributed by atoms with Crippen molar-refractivity contribution in [3.63, 3.8) is 0 Å². The molecule has 13 heteroatoms. The third-order valence-corrected chi connectivity index (χ3v) is 0. The second kappa shape index (κ2) is 16.8. The van der Waals surface area contributed by atoms with Crippen molar-refractivity contribution >= 4 is 22.5 Å². The van der Waals surface area contributed by atoms with Crippen LogP contribution >= 0.6 is 0 Å². The smallest absolute Gasteiger partial charge is 0.759 e. The molecule has 0 aromatic rings. The number of carbonyl (C=O) groups is 2. The summed E-state index contributed by atoms with van der Waals surface area (Å²) in [7, 11) is -5.17. The number of urea groups is 2. The zero-order chi connectivity index (χ0) is 11.7. The van der Waals surface area contributed by atoms with Crippen LogP contribution in [0.15, 0.2) is 0 Å². The molecule has 0 saturated carbocycles. The molecular weight excluding hydrogens is 254 g/mol. The molecule has 0 aliphatic heterocycles. The molecule has 0 aromatic heterocycles. The maximum absolute atomic E-state index is 9.00. The Labute approximate surface area is 130 Å². The van der Waals surface area contributed by atoms with Gasteiger partial charge in [0.1, 0.15) is 0 Å². The zero-order valence-corrected chi connectivity index (χ0v) is 13.0. The Morgan fingerprint density at radius 2 is 0.800 bits per heavy atom. The van der Waals surface area contributed by atoms with Crippen LogP contribution in [0.3, 0.4) is 0 Å². The van der Waals surface area contributed by atoms with Crippen molar-refractivity contribution in [1.29, 1.82) is 0 Å². The van der Waals surface area contributed by atoms with Crippen LogP contribution in [0.2, 0.25) is 0 Å². The van der Waals surface area contributed by atoms with Gasteiger partial charge in [-0.3, -0.25) is 8.42 Å². The molecule has 0 aliphatic rings. The normalized spacial score (nSPS) is 7.07. The summed E-state index contributed by atoms with van der Waals surface area (Å²) in [5.74, 6) is 0. The van der Waals surface area contributed by atoms with E-state index in [9.17, 15) is 0 Å². The number of nitrogens with two attached hydrogens (primary N) is 4. The van der Waals surface area contributed by atoms with E-state index >= 15 is 0 Å². The molecular formula is C2H8N4Na2O6S. The van der Waals surface area contributed by atoms with Gasteiger partial charge in [-0.2, -0.15) is 0 Å². The van der Waals surface area contributed by atoms with E-state index in [-0.39, 0.29) is 59.1 Å². The number of carbonyl (C=O) groups excluding carboxylic acids is 2. The Morgan fingerprint density at radius 1 is 0.800 bits per heavy atom. The summed E-state index contributed by atoms with van der Waals surface area (Å²) < 4.78 is 34.1. The monoisotopic (exact) mass is 262 g/mol. The largest absolute Gasteiger partial charge is 1.00 e. The first-order valence-corrected chi connectivity index (χ1v) is 3.56. The van der Waals surface area contributed by atoms with Gasteiger partial charge in [0.25, 0.3) is 0 Å². The molecule has 80 valence electrons. The van der Waals surface area contributed by atoms with E-state index in [2.05, 4.69) is 22.9 Å². The first kappa shape index (κ1) is 29.5. The average molecular weight is 262 g/mol. The van der Waals surface area contributed by atoms with Crippen LogP contribution in [0.4, 0.5) is 9.59 Å². The van der Waals surface area contributed by atoms with Gasteiger partial charge in [0, 0.05) is 10.4 Å². The van der Waals surface area contributed by atoms with Gasteiger partial charge in [-0.1, -0.05) is 0 Å². The predicted octanol–water partition coefficient (Wildman–Crippen LogP) is -9.28. The predicted molar refractivity (Wildman–Crippen MR) is 38.0 cm³/mol. The second-order valence-corrected chi connectivity index (χ2v) is 2.03. The third-order valence-electron chi connectivity index (χ3n) is 0. The number of primary amides is 4. The van der Waals surface area contributed by atoms with Crippen LogP contribution < -0.4 is 82.0 Å². The molecule has 15 heavy (non-hydrogen) atoms. The Kier molecular flexibility index (Phi) is 33.1. The fraction of sp³-hybridized carbons (Fsp3) is 0. The summed E-state index contributed by atoms with van der Waals surface area (Å²) in [6.45, 7) is 0. The van der Waals surface area contributed by atoms with E-state index in [0.29, 0.717) is 0 Å². The van der Waals surface area contributed by atoms with Crippen molar-refractivity contribution in [2.75, 3.05) is 0 Å². The van der Waals surface area contributed by atoms with E-state index in [1.807, 2.05) is 0 Å². The summed E-state index contributed by atoms with van der Waals surface area (Å²) in [6.07, 6.45) is 0. The minimum atomic E-state index is -5.17. The van der Waals surface area contributed by atoms with Gasteiger partial charge >= 0.3 is 71.2 Å². The molecule has 0 spiro atoms. The van der Waals surface area contributed by atoms with Crippen molar-refractivity contribution in [3.8, 4) is 0 Å². The second-order valence-electron chi connectivity index (χ2n) is 1.21. The summed E-state index contributed by atoms with van der Waals surface area (Å²) in [5, 5.41) is 0. The molecule has 0 fully saturated rings. The van der Waals surface area contributed by atoms with Gasteiger partial charge in [0.05, 0.1) is 0 Å². The van der Waals surface area contributed by atoms with Crippen LogP contribution in [0.1, 0.15) is 0 Å². The van der Waals surface area contributed by atoms with E-state index in [1.54, 1.807) is 0 Å². The molecule has 0 rings (SSSR count). The van der Waals surface area contributed by atoms with Crippen LogP contribution in [-0.2, 0) is 10.4 Å². The van der Waals surface area contributed by atoms with Gasteiger partial charge in [0.15, 0.2) is 0 Å². The van der Waals surface area contributed by atoms with Crippen molar-refractivity contribution in [2.24, 2.45) is 22.9 Å². The molecule has 0 radical (unpaired) electrons. The Balaban J connectivity index is -0.0000000315. The summed E-state index contributed by atoms with van der Waals surface area (Å²) in [4.78, 5) is 18.0. The molecule has 0 atom stereocenters. The number of hydrogen-bond acceptors (Lipinski definition) is 6. The van der Waals surface area contributed by atoms with Crippen LogP contribution in [0, 0.1) is 0 Å². The quantitative estimate of drug-likeness (QED) is 0.188. The maximum atomic E-state index is 9.00. The molecule has 0 aliphatic carbocycles. The van der Waals surface area contributed by atoms with Gasteiger partial charge in [-0.15, -0.1) is 0 Å². The van der Waals surface area contributed by atoms with E-state index < -0.39 is 22.5 Å². The zero-order valence-electron chi connectivity index (χ0n) is 8.17. The van der Waals surface area contributed by atoms with E-state index in [4.69, 9.17) is 27.1 Å². The fourth-order valence-corrected chi connectivity index (χ4v) is 0. The summed E-state index contributed by atoms with van der Waals surface area (Å²) >= 11 is 0. The molecule has 0 aromatic carbocycles. The van der Waals surface area contributed by atoms with Crippen molar-refractivity contribution < 1.29 is 86.2 Å². The standard InChI is InChI=1S/2CH4N2O.2Na.H2O4S/c2*2-1(3)4;;;1-5(2,3)4/h2*(H4,2,3,4);;;(H2,1,2,3,4)/q;;2*+1;/p-2. The van der Waals surface area contributed by atoms with Gasteiger partial charge < -0.3 is 32.0 Å². The van der Waals surface area contributed by atoms with Crippen LogP contribution in [0.5, 0.6) is 0 Å². The van der Waals surface area contributed by atoms with Gasteiger partial charge in [-0.05, 0) is 0 Å². The molecule has 0 unspecified atom stereocenters. The summed E-state index contributed by atoms with van der Waals surface area (Å²) in [5.41, 5.74) is 17.0. The molecule has 0 bridgehead atoms. The number of rotatable bonds is 0. The number of amides is 4. The molecule has 8 N–H and O–H groups in total. The van der Waals surface area contributed by atoms with E-state index in [0.717, 1.165) is 0 Å². The first-order chi connectivity index (χ1) is 5.46. The minimum Gasteiger partial charge on any atom is -0.759 e. The van der Waals surface area contributed by atoms with Crippen LogP contribution in [-0.4, -0.2) is 29.6 Å². The van der Waals surface area contributed by atoms with Crippen LogP contribution in [0.25, 0.3) is 0 Å². The third kappa shape index (κ3) is 13200. The summed E-state index contributed by atoms with van der Waals surface area (Å²) in [6, 6.07) is -1.67. The van der Waals surface area contributed by atoms with E-state index in [1.165, 1.54) is 0 Å².